The number of rotatable bonds is 12. The molecular weight excluding hydrogens is 551 g/mol. The van der Waals surface area contributed by atoms with Gasteiger partial charge >= 0.3 is 12.1 Å². The van der Waals surface area contributed by atoms with Crippen LogP contribution in [0.4, 0.5) is 13.2 Å². The van der Waals surface area contributed by atoms with Crippen LogP contribution in [0.3, 0.4) is 0 Å². The molecule has 2 aliphatic rings. The summed E-state index contributed by atoms with van der Waals surface area (Å²) in [5, 5.41) is -0.235. The Balaban J connectivity index is 1.49. The number of carbonyl (C=O) groups is 1. The van der Waals surface area contributed by atoms with Crippen LogP contribution in [0.1, 0.15) is 61.1 Å². The lowest BCUT2D eigenvalue weighted by Gasteiger charge is -2.32. The molecule has 1 unspecified atom stereocenters. The summed E-state index contributed by atoms with van der Waals surface area (Å²) in [5.74, 6) is 1.06. The van der Waals surface area contributed by atoms with E-state index in [4.69, 9.17) is 21.1 Å². The predicted octanol–water partition coefficient (Wildman–Crippen LogP) is 8.48. The summed E-state index contributed by atoms with van der Waals surface area (Å²) in [7, 11) is 1.34. The van der Waals surface area contributed by atoms with Gasteiger partial charge in [0.25, 0.3) is 0 Å². The number of ether oxygens (including phenoxy) is 2. The van der Waals surface area contributed by atoms with Gasteiger partial charge in [0.2, 0.25) is 0 Å². The molecule has 4 nitrogen and oxygen atoms in total. The van der Waals surface area contributed by atoms with Gasteiger partial charge in [-0.2, -0.15) is 13.2 Å². The Morgan fingerprint density at radius 2 is 1.88 bits per heavy atom. The summed E-state index contributed by atoms with van der Waals surface area (Å²) in [5.41, 5.74) is 1.73. The second-order valence-corrected chi connectivity index (χ2v) is 11.0. The SMILES string of the molecule is COC(=O)C=C1C=C(OCCCN(Cc2cccc(C(F)(F)F)c2Cl)CC(c2ccccc2)C2CCCC2)C=CC1. The van der Waals surface area contributed by atoms with Crippen LogP contribution in [-0.2, 0) is 27.0 Å². The van der Waals surface area contributed by atoms with Crippen molar-refractivity contribution in [2.75, 3.05) is 26.8 Å². The van der Waals surface area contributed by atoms with E-state index in [0.29, 0.717) is 49.8 Å². The lowest BCUT2D eigenvalue weighted by Crippen LogP contribution is -2.32. The minimum atomic E-state index is -4.51. The molecule has 8 heteroatoms. The molecule has 2 aliphatic carbocycles. The highest BCUT2D eigenvalue weighted by atomic mass is 35.5. The van der Waals surface area contributed by atoms with Crippen molar-refractivity contribution in [3.63, 3.8) is 0 Å². The average Bonchev–Trinajstić information content (AvgIpc) is 3.49. The molecule has 0 N–H and O–H groups in total. The molecule has 2 aromatic rings. The van der Waals surface area contributed by atoms with Crippen LogP contribution in [0.15, 0.2) is 84.2 Å². The molecule has 0 radical (unpaired) electrons. The molecule has 0 aliphatic heterocycles. The van der Waals surface area contributed by atoms with Crippen LogP contribution < -0.4 is 0 Å². The van der Waals surface area contributed by atoms with Gasteiger partial charge in [0.15, 0.2) is 0 Å². The fraction of sp³-hybridized carbons (Fsp3) is 0.424. The van der Waals surface area contributed by atoms with Crippen molar-refractivity contribution in [2.45, 2.75) is 57.2 Å². The van der Waals surface area contributed by atoms with Crippen molar-refractivity contribution < 1.29 is 27.4 Å². The van der Waals surface area contributed by atoms with Gasteiger partial charge < -0.3 is 9.47 Å². The van der Waals surface area contributed by atoms with E-state index in [2.05, 4.69) is 17.0 Å². The zero-order valence-electron chi connectivity index (χ0n) is 23.3. The fourth-order valence-electron chi connectivity index (χ4n) is 5.74. The van der Waals surface area contributed by atoms with E-state index in [1.165, 1.54) is 37.7 Å². The predicted molar refractivity (Wildman–Crippen MR) is 155 cm³/mol. The monoisotopic (exact) mass is 587 g/mol. The van der Waals surface area contributed by atoms with Gasteiger partial charge in [-0.1, -0.05) is 73.0 Å². The number of allylic oxidation sites excluding steroid dienone is 4. The summed E-state index contributed by atoms with van der Waals surface area (Å²) in [6, 6.07) is 14.6. The van der Waals surface area contributed by atoms with Crippen LogP contribution in [0.25, 0.3) is 0 Å². The lowest BCUT2D eigenvalue weighted by atomic mass is 9.84. The first kappa shape index (κ1) is 30.9. The van der Waals surface area contributed by atoms with Gasteiger partial charge in [-0.05, 0) is 72.4 Å². The van der Waals surface area contributed by atoms with Gasteiger partial charge in [0, 0.05) is 25.7 Å². The standard InChI is InChI=1S/C33H37ClF3NO3/c1-40-31(39)21-24-10-7-16-28(20-24)41-19-9-18-38(22-27-15-8-17-30(32(27)34)33(35,36)37)23-29(26-13-5-6-14-26)25-11-3-2-4-12-25/h2-4,7-8,11-12,15-17,20-21,26,29H,5-6,9-10,13-14,18-19,22-23H2,1H3. The van der Waals surface area contributed by atoms with Crippen molar-refractivity contribution in [3.8, 4) is 0 Å². The van der Waals surface area contributed by atoms with Gasteiger partial charge in [0.05, 0.1) is 24.3 Å². The molecule has 220 valence electrons. The lowest BCUT2D eigenvalue weighted by molar-refractivity contribution is -0.137. The van der Waals surface area contributed by atoms with E-state index >= 15 is 0 Å². The Hall–Kier alpha value is -3.03. The Morgan fingerprint density at radius 1 is 1.12 bits per heavy atom. The molecule has 0 aromatic heterocycles. The molecule has 2 aromatic carbocycles. The molecule has 4 rings (SSSR count). The highest BCUT2D eigenvalue weighted by Crippen LogP contribution is 2.39. The maximum atomic E-state index is 13.6. The second-order valence-electron chi connectivity index (χ2n) is 10.7. The van der Waals surface area contributed by atoms with E-state index in [-0.39, 0.29) is 10.9 Å². The number of methoxy groups -OCH3 is 1. The summed E-state index contributed by atoms with van der Waals surface area (Å²) in [6.07, 6.45) is 8.57. The number of esters is 1. The van der Waals surface area contributed by atoms with Crippen molar-refractivity contribution in [1.29, 1.82) is 0 Å². The Morgan fingerprint density at radius 3 is 2.59 bits per heavy atom. The van der Waals surface area contributed by atoms with Gasteiger partial charge in [-0.3, -0.25) is 4.90 Å². The highest BCUT2D eigenvalue weighted by Gasteiger charge is 2.34. The van der Waals surface area contributed by atoms with Crippen molar-refractivity contribution in [3.05, 3.63) is 106 Å². The second kappa shape index (κ2) is 14.7. The molecular formula is C33H37ClF3NO3. The smallest absolute Gasteiger partial charge is 0.417 e. The van der Waals surface area contributed by atoms with E-state index in [0.717, 1.165) is 31.0 Å². The number of halogens is 4. The zero-order valence-corrected chi connectivity index (χ0v) is 24.1. The molecule has 41 heavy (non-hydrogen) atoms. The third-order valence-corrected chi connectivity index (χ3v) is 8.23. The maximum absolute atomic E-state index is 13.6. The fourth-order valence-corrected chi connectivity index (χ4v) is 6.03. The molecule has 1 saturated carbocycles. The van der Waals surface area contributed by atoms with E-state index in [1.54, 1.807) is 6.07 Å². The van der Waals surface area contributed by atoms with Crippen LogP contribution >= 0.6 is 11.6 Å². The summed E-state index contributed by atoms with van der Waals surface area (Å²) >= 11 is 6.32. The highest BCUT2D eigenvalue weighted by molar-refractivity contribution is 6.32. The summed E-state index contributed by atoms with van der Waals surface area (Å²) in [4.78, 5) is 13.8. The van der Waals surface area contributed by atoms with E-state index < -0.39 is 17.7 Å². The van der Waals surface area contributed by atoms with Crippen LogP contribution in [0.5, 0.6) is 0 Å². The Bertz CT molecular complexity index is 1250. The number of hydrogen-bond acceptors (Lipinski definition) is 4. The van der Waals surface area contributed by atoms with Crippen molar-refractivity contribution in [1.82, 2.24) is 4.90 Å². The minimum Gasteiger partial charge on any atom is -0.494 e. The summed E-state index contributed by atoms with van der Waals surface area (Å²) in [6.45, 7) is 2.09. The van der Waals surface area contributed by atoms with E-state index in [9.17, 15) is 18.0 Å². The Labute approximate surface area is 245 Å². The van der Waals surface area contributed by atoms with Gasteiger partial charge in [-0.15, -0.1) is 0 Å². The first-order valence-electron chi connectivity index (χ1n) is 14.2. The number of hydrogen-bond donors (Lipinski definition) is 0. The van der Waals surface area contributed by atoms with Crippen LogP contribution in [0, 0.1) is 5.92 Å². The quantitative estimate of drug-likeness (QED) is 0.142. The molecule has 1 atom stereocenters. The van der Waals surface area contributed by atoms with Crippen LogP contribution in [-0.4, -0.2) is 37.7 Å². The van der Waals surface area contributed by atoms with Gasteiger partial charge in [-0.25, -0.2) is 4.79 Å². The molecule has 0 heterocycles. The first-order chi connectivity index (χ1) is 19.7. The molecule has 1 fully saturated rings. The first-order valence-corrected chi connectivity index (χ1v) is 14.5. The normalized spacial score (nSPS) is 17.6. The zero-order chi connectivity index (χ0) is 29.2. The molecule has 0 saturated heterocycles. The number of carbonyl (C=O) groups excluding carboxylic acids is 1. The van der Waals surface area contributed by atoms with E-state index in [1.807, 2.05) is 36.4 Å². The molecule has 0 amide bonds. The Kier molecular flexibility index (Phi) is 11.1. The summed E-state index contributed by atoms with van der Waals surface area (Å²) < 4.78 is 51.5. The van der Waals surface area contributed by atoms with Gasteiger partial charge in [0.1, 0.15) is 5.76 Å². The van der Waals surface area contributed by atoms with Crippen molar-refractivity contribution in [2.24, 2.45) is 5.92 Å². The van der Waals surface area contributed by atoms with Crippen LogP contribution in [0.2, 0.25) is 5.02 Å². The number of alkyl halides is 3. The number of nitrogens with zero attached hydrogens (tertiary/aromatic N) is 1. The third kappa shape index (κ3) is 8.98. The largest absolute Gasteiger partial charge is 0.494 e. The molecule has 0 spiro atoms. The minimum absolute atomic E-state index is 0.235. The maximum Gasteiger partial charge on any atom is 0.417 e. The molecule has 0 bridgehead atoms. The van der Waals surface area contributed by atoms with Crippen molar-refractivity contribution >= 4 is 17.6 Å². The average molecular weight is 588 g/mol. The number of benzene rings is 2. The third-order valence-electron chi connectivity index (χ3n) is 7.78. The topological polar surface area (TPSA) is 38.8 Å².